The molecule has 2 nitrogen and oxygen atoms in total. The van der Waals surface area contributed by atoms with Gasteiger partial charge in [0.2, 0.25) is 0 Å². The van der Waals surface area contributed by atoms with E-state index in [0.717, 1.165) is 17.2 Å². The Morgan fingerprint density at radius 3 is 2.43 bits per heavy atom. The SMILES string of the molecule is CSCc1cc(-c2ccc(OCc3ccccc3)cc2)ccn1. The number of benzene rings is 2. The number of thioether (sulfide) groups is 1. The van der Waals surface area contributed by atoms with Crippen molar-refractivity contribution in [1.29, 1.82) is 0 Å². The smallest absolute Gasteiger partial charge is 0.119 e. The summed E-state index contributed by atoms with van der Waals surface area (Å²) in [7, 11) is 0. The van der Waals surface area contributed by atoms with Crippen LogP contribution in [0.2, 0.25) is 0 Å². The van der Waals surface area contributed by atoms with Gasteiger partial charge in [-0.2, -0.15) is 11.8 Å². The van der Waals surface area contributed by atoms with Crippen LogP contribution in [0.5, 0.6) is 5.75 Å². The third kappa shape index (κ3) is 4.36. The summed E-state index contributed by atoms with van der Waals surface area (Å²) in [6.45, 7) is 0.591. The fraction of sp³-hybridized carbons (Fsp3) is 0.150. The van der Waals surface area contributed by atoms with Crippen LogP contribution in [-0.4, -0.2) is 11.2 Å². The minimum atomic E-state index is 0.591. The van der Waals surface area contributed by atoms with Gasteiger partial charge in [0.15, 0.2) is 0 Å². The number of hydrogen-bond acceptors (Lipinski definition) is 3. The molecule has 3 rings (SSSR count). The van der Waals surface area contributed by atoms with Gasteiger partial charge in [-0.3, -0.25) is 4.98 Å². The summed E-state index contributed by atoms with van der Waals surface area (Å²) in [4.78, 5) is 4.39. The zero-order valence-electron chi connectivity index (χ0n) is 13.1. The lowest BCUT2D eigenvalue weighted by atomic mass is 10.1. The Morgan fingerprint density at radius 2 is 1.70 bits per heavy atom. The Labute approximate surface area is 141 Å². The predicted molar refractivity (Wildman–Crippen MR) is 97.7 cm³/mol. The van der Waals surface area contributed by atoms with E-state index in [9.17, 15) is 0 Å². The Kier molecular flexibility index (Phi) is 5.33. The van der Waals surface area contributed by atoms with Gasteiger partial charge in [-0.1, -0.05) is 42.5 Å². The highest BCUT2D eigenvalue weighted by molar-refractivity contribution is 7.97. The molecule has 0 radical (unpaired) electrons. The zero-order valence-corrected chi connectivity index (χ0v) is 13.9. The summed E-state index contributed by atoms with van der Waals surface area (Å²) in [5.41, 5.74) is 4.66. The van der Waals surface area contributed by atoms with Gasteiger partial charge in [-0.05, 0) is 47.2 Å². The standard InChI is InChI=1S/C20H19NOS/c1-23-15-19-13-18(11-12-21-19)17-7-9-20(10-8-17)22-14-16-5-3-2-4-6-16/h2-13H,14-15H2,1H3. The number of nitrogens with zero attached hydrogens (tertiary/aromatic N) is 1. The maximum absolute atomic E-state index is 5.83. The van der Waals surface area contributed by atoms with E-state index in [1.807, 2.05) is 42.6 Å². The van der Waals surface area contributed by atoms with Crippen LogP contribution < -0.4 is 4.74 Å². The van der Waals surface area contributed by atoms with Crippen LogP contribution in [0.15, 0.2) is 72.9 Å². The van der Waals surface area contributed by atoms with Crippen molar-refractivity contribution in [1.82, 2.24) is 4.98 Å². The van der Waals surface area contributed by atoms with Crippen molar-refractivity contribution in [3.8, 4) is 16.9 Å². The van der Waals surface area contributed by atoms with Gasteiger partial charge >= 0.3 is 0 Å². The monoisotopic (exact) mass is 321 g/mol. The third-order valence-corrected chi connectivity index (χ3v) is 4.13. The van der Waals surface area contributed by atoms with Crippen molar-refractivity contribution in [2.24, 2.45) is 0 Å². The number of aromatic nitrogens is 1. The van der Waals surface area contributed by atoms with Crippen molar-refractivity contribution >= 4 is 11.8 Å². The van der Waals surface area contributed by atoms with E-state index in [1.165, 1.54) is 16.7 Å². The second kappa shape index (κ2) is 7.84. The Hall–Kier alpha value is -2.26. The predicted octanol–water partition coefficient (Wildman–Crippen LogP) is 5.19. The highest BCUT2D eigenvalue weighted by atomic mass is 32.2. The summed E-state index contributed by atoms with van der Waals surface area (Å²) in [5.74, 6) is 1.82. The van der Waals surface area contributed by atoms with Gasteiger partial charge in [0.25, 0.3) is 0 Å². The van der Waals surface area contributed by atoms with Crippen molar-refractivity contribution in [2.75, 3.05) is 6.26 Å². The molecule has 1 aromatic heterocycles. The molecule has 0 N–H and O–H groups in total. The van der Waals surface area contributed by atoms with Gasteiger partial charge < -0.3 is 4.74 Å². The summed E-state index contributed by atoms with van der Waals surface area (Å²) in [6, 6.07) is 22.6. The number of rotatable bonds is 6. The van der Waals surface area contributed by atoms with E-state index in [4.69, 9.17) is 4.74 Å². The molecule has 116 valence electrons. The molecule has 0 aliphatic rings. The molecule has 2 aromatic carbocycles. The molecule has 0 bridgehead atoms. The zero-order chi connectivity index (χ0) is 15.9. The highest BCUT2D eigenvalue weighted by Crippen LogP contribution is 2.24. The summed E-state index contributed by atoms with van der Waals surface area (Å²) < 4.78 is 5.83. The molecule has 3 heteroatoms. The molecule has 3 aromatic rings. The normalized spacial score (nSPS) is 10.5. The van der Waals surface area contributed by atoms with Gasteiger partial charge in [0, 0.05) is 11.9 Å². The molecular weight excluding hydrogens is 302 g/mol. The molecule has 0 aliphatic carbocycles. The fourth-order valence-electron chi connectivity index (χ4n) is 2.37. The van der Waals surface area contributed by atoms with Crippen molar-refractivity contribution < 1.29 is 4.74 Å². The van der Waals surface area contributed by atoms with E-state index < -0.39 is 0 Å². The van der Waals surface area contributed by atoms with E-state index >= 15 is 0 Å². The molecule has 0 fully saturated rings. The topological polar surface area (TPSA) is 22.1 Å². The van der Waals surface area contributed by atoms with E-state index in [2.05, 4.69) is 41.6 Å². The third-order valence-electron chi connectivity index (χ3n) is 3.54. The quantitative estimate of drug-likeness (QED) is 0.623. The second-order valence-electron chi connectivity index (χ2n) is 5.27. The van der Waals surface area contributed by atoms with E-state index in [0.29, 0.717) is 6.61 Å². The first kappa shape index (κ1) is 15.6. The molecule has 0 saturated heterocycles. The lowest BCUT2D eigenvalue weighted by Crippen LogP contribution is -1.94. The number of hydrogen-bond donors (Lipinski definition) is 0. The molecular formula is C20H19NOS. The average molecular weight is 321 g/mol. The maximum atomic E-state index is 5.83. The van der Waals surface area contributed by atoms with Crippen LogP contribution in [0.4, 0.5) is 0 Å². The number of ether oxygens (including phenoxy) is 1. The first-order chi connectivity index (χ1) is 11.3. The maximum Gasteiger partial charge on any atom is 0.119 e. The average Bonchev–Trinajstić information content (AvgIpc) is 2.62. The highest BCUT2D eigenvalue weighted by Gasteiger charge is 2.02. The van der Waals surface area contributed by atoms with Gasteiger partial charge in [0.05, 0.1) is 5.69 Å². The molecule has 1 heterocycles. The van der Waals surface area contributed by atoms with Crippen LogP contribution in [0, 0.1) is 0 Å². The molecule has 23 heavy (non-hydrogen) atoms. The molecule has 0 saturated carbocycles. The molecule has 0 spiro atoms. The second-order valence-corrected chi connectivity index (χ2v) is 6.13. The number of pyridine rings is 1. The lowest BCUT2D eigenvalue weighted by Gasteiger charge is -2.08. The molecule has 0 aliphatic heterocycles. The summed E-state index contributed by atoms with van der Waals surface area (Å²) in [6.07, 6.45) is 3.97. The Balaban J connectivity index is 1.68. The molecule has 0 atom stereocenters. The van der Waals surface area contributed by atoms with Crippen molar-refractivity contribution in [3.63, 3.8) is 0 Å². The summed E-state index contributed by atoms with van der Waals surface area (Å²) >= 11 is 1.78. The fourth-order valence-corrected chi connectivity index (χ4v) is 2.82. The van der Waals surface area contributed by atoms with Gasteiger partial charge in [-0.15, -0.1) is 0 Å². The lowest BCUT2D eigenvalue weighted by molar-refractivity contribution is 0.306. The first-order valence-corrected chi connectivity index (χ1v) is 8.95. The minimum absolute atomic E-state index is 0.591. The van der Waals surface area contributed by atoms with Gasteiger partial charge in [0.1, 0.15) is 12.4 Å². The summed E-state index contributed by atoms with van der Waals surface area (Å²) in [5, 5.41) is 0. The van der Waals surface area contributed by atoms with E-state index in [-0.39, 0.29) is 0 Å². The first-order valence-electron chi connectivity index (χ1n) is 7.56. The minimum Gasteiger partial charge on any atom is -0.489 e. The van der Waals surface area contributed by atoms with Crippen LogP contribution >= 0.6 is 11.8 Å². The largest absolute Gasteiger partial charge is 0.489 e. The van der Waals surface area contributed by atoms with Crippen LogP contribution in [0.3, 0.4) is 0 Å². The van der Waals surface area contributed by atoms with Crippen molar-refractivity contribution in [2.45, 2.75) is 12.4 Å². The van der Waals surface area contributed by atoms with Crippen molar-refractivity contribution in [3.05, 3.63) is 84.2 Å². The Morgan fingerprint density at radius 1 is 0.913 bits per heavy atom. The van der Waals surface area contributed by atoms with Crippen LogP contribution in [0.1, 0.15) is 11.3 Å². The molecule has 0 amide bonds. The molecule has 0 unspecified atom stereocenters. The van der Waals surface area contributed by atoms with Gasteiger partial charge in [-0.25, -0.2) is 0 Å². The van der Waals surface area contributed by atoms with Crippen LogP contribution in [0.25, 0.3) is 11.1 Å². The van der Waals surface area contributed by atoms with Crippen LogP contribution in [-0.2, 0) is 12.4 Å². The van der Waals surface area contributed by atoms with E-state index in [1.54, 1.807) is 11.8 Å². The Bertz CT molecular complexity index is 741.